The van der Waals surface area contributed by atoms with E-state index < -0.39 is 0 Å². The van der Waals surface area contributed by atoms with Gasteiger partial charge in [-0.1, -0.05) is 6.07 Å². The maximum atomic E-state index is 3.47. The molecule has 0 saturated heterocycles. The summed E-state index contributed by atoms with van der Waals surface area (Å²) >= 11 is 5.20. The van der Waals surface area contributed by atoms with Gasteiger partial charge >= 0.3 is 0 Å². The summed E-state index contributed by atoms with van der Waals surface area (Å²) in [5, 5.41) is 3.27. The average molecular weight is 212 g/mol. The van der Waals surface area contributed by atoms with Gasteiger partial charge < -0.3 is 0 Å². The van der Waals surface area contributed by atoms with E-state index in [1.54, 1.807) is 11.3 Å². The van der Waals surface area contributed by atoms with Crippen LogP contribution in [0.2, 0.25) is 0 Å². The summed E-state index contributed by atoms with van der Waals surface area (Å²) in [6.07, 6.45) is 0. The molecule has 0 N–H and O–H groups in total. The topological polar surface area (TPSA) is 0 Å². The quantitative estimate of drug-likeness (QED) is 0.627. The van der Waals surface area contributed by atoms with Crippen molar-refractivity contribution < 1.29 is 0 Å². The Morgan fingerprint density at radius 3 is 3.10 bits per heavy atom. The van der Waals surface area contributed by atoms with Crippen molar-refractivity contribution in [1.29, 1.82) is 0 Å². The molecule has 2 heteroatoms. The first-order valence-electron chi connectivity index (χ1n) is 2.91. The summed E-state index contributed by atoms with van der Waals surface area (Å²) in [5.74, 6) is 0. The van der Waals surface area contributed by atoms with Gasteiger partial charge in [0.1, 0.15) is 0 Å². The number of benzene rings is 1. The van der Waals surface area contributed by atoms with Crippen LogP contribution < -0.4 is 0 Å². The second kappa shape index (κ2) is 2.36. The van der Waals surface area contributed by atoms with E-state index >= 15 is 0 Å². The van der Waals surface area contributed by atoms with Gasteiger partial charge in [-0.15, -0.1) is 11.3 Å². The molecule has 0 spiro atoms. The Hall–Kier alpha value is -0.340. The van der Waals surface area contributed by atoms with Crippen molar-refractivity contribution in [3.05, 3.63) is 34.1 Å². The minimum absolute atomic E-state index is 1.16. The summed E-state index contributed by atoms with van der Waals surface area (Å²) in [6, 6.07) is 9.17. The van der Waals surface area contributed by atoms with Crippen molar-refractivity contribution in [2.24, 2.45) is 0 Å². The Morgan fingerprint density at radius 2 is 2.30 bits per heavy atom. The van der Waals surface area contributed by atoms with Crippen molar-refractivity contribution in [3.8, 4) is 0 Å². The molecule has 1 radical (unpaired) electrons. The Bertz CT molecular complexity index is 351. The molecule has 0 aliphatic carbocycles. The molecule has 0 unspecified atom stereocenters. The van der Waals surface area contributed by atoms with E-state index in [0.29, 0.717) is 0 Å². The first-order valence-corrected chi connectivity index (χ1v) is 4.58. The highest BCUT2D eigenvalue weighted by molar-refractivity contribution is 9.10. The second-order valence-electron chi connectivity index (χ2n) is 1.99. The van der Waals surface area contributed by atoms with Crippen LogP contribution in [0, 0.1) is 6.07 Å². The molecule has 1 aromatic carbocycles. The summed E-state index contributed by atoms with van der Waals surface area (Å²) in [4.78, 5) is 0. The lowest BCUT2D eigenvalue weighted by Gasteiger charge is -1.89. The predicted molar refractivity (Wildman–Crippen MR) is 48.4 cm³/mol. The molecule has 0 nitrogen and oxygen atoms in total. The van der Waals surface area contributed by atoms with Gasteiger partial charge in [0.15, 0.2) is 0 Å². The van der Waals surface area contributed by atoms with E-state index in [-0.39, 0.29) is 0 Å². The number of rotatable bonds is 0. The lowest BCUT2D eigenvalue weighted by molar-refractivity contribution is 1.78. The zero-order chi connectivity index (χ0) is 6.97. The molecular weight excluding hydrogens is 208 g/mol. The van der Waals surface area contributed by atoms with Crippen LogP contribution in [0.3, 0.4) is 0 Å². The molecule has 0 bridgehead atoms. The fourth-order valence-corrected chi connectivity index (χ4v) is 2.29. The highest BCUT2D eigenvalue weighted by Crippen LogP contribution is 2.27. The zero-order valence-corrected chi connectivity index (χ0v) is 7.50. The monoisotopic (exact) mass is 211 g/mol. The molecule has 0 aliphatic heterocycles. The smallest absolute Gasteiger partial charge is 0.0491 e. The SMILES string of the molecule is Brc1cc[c]c2ccsc12. The van der Waals surface area contributed by atoms with Crippen molar-refractivity contribution in [1.82, 2.24) is 0 Å². The average Bonchev–Trinajstić information content (AvgIpc) is 2.36. The Morgan fingerprint density at radius 1 is 1.40 bits per heavy atom. The Kier molecular flexibility index (Phi) is 1.51. The molecule has 0 saturated carbocycles. The van der Waals surface area contributed by atoms with Gasteiger partial charge in [-0.05, 0) is 39.5 Å². The normalized spacial score (nSPS) is 10.5. The molecule has 0 amide bonds. The Labute approximate surface area is 71.6 Å². The van der Waals surface area contributed by atoms with Gasteiger partial charge in [-0.25, -0.2) is 0 Å². The fraction of sp³-hybridized carbons (Fsp3) is 0. The van der Waals surface area contributed by atoms with Crippen LogP contribution in [-0.4, -0.2) is 0 Å². The third kappa shape index (κ3) is 0.879. The number of fused-ring (bicyclic) bond motifs is 1. The molecule has 10 heavy (non-hydrogen) atoms. The minimum atomic E-state index is 1.16. The zero-order valence-electron chi connectivity index (χ0n) is 5.10. The van der Waals surface area contributed by atoms with E-state index in [4.69, 9.17) is 0 Å². The third-order valence-electron chi connectivity index (χ3n) is 1.35. The molecule has 1 heterocycles. The summed E-state index contributed by atoms with van der Waals surface area (Å²) in [6.45, 7) is 0. The second-order valence-corrected chi connectivity index (χ2v) is 3.76. The van der Waals surface area contributed by atoms with Crippen molar-refractivity contribution in [3.63, 3.8) is 0 Å². The molecule has 0 atom stereocenters. The van der Waals surface area contributed by atoms with Crippen LogP contribution in [0.15, 0.2) is 28.1 Å². The van der Waals surface area contributed by atoms with Crippen molar-refractivity contribution in [2.45, 2.75) is 0 Å². The largest absolute Gasteiger partial charge is 0.143 e. The van der Waals surface area contributed by atoms with Gasteiger partial charge in [-0.3, -0.25) is 0 Å². The van der Waals surface area contributed by atoms with Crippen LogP contribution in [0.5, 0.6) is 0 Å². The minimum Gasteiger partial charge on any atom is -0.143 e. The first-order chi connectivity index (χ1) is 4.88. The van der Waals surface area contributed by atoms with E-state index in [1.165, 1.54) is 10.1 Å². The first kappa shape index (κ1) is 6.38. The van der Waals surface area contributed by atoms with Crippen molar-refractivity contribution >= 4 is 37.4 Å². The van der Waals surface area contributed by atoms with Crippen LogP contribution in [0.25, 0.3) is 10.1 Å². The van der Waals surface area contributed by atoms with Gasteiger partial charge in [0.05, 0.1) is 0 Å². The number of hydrogen-bond acceptors (Lipinski definition) is 1. The van der Waals surface area contributed by atoms with E-state index in [2.05, 4.69) is 33.4 Å². The van der Waals surface area contributed by atoms with Gasteiger partial charge in [0.2, 0.25) is 0 Å². The molecule has 0 aliphatic rings. The summed E-state index contributed by atoms with van der Waals surface area (Å²) in [5.41, 5.74) is 0. The van der Waals surface area contributed by atoms with Crippen LogP contribution in [0.4, 0.5) is 0 Å². The standard InChI is InChI=1S/C8H4BrS/c9-7-3-1-2-6-4-5-10-8(6)7/h1,3-5H. The van der Waals surface area contributed by atoms with Crippen molar-refractivity contribution in [2.75, 3.05) is 0 Å². The van der Waals surface area contributed by atoms with Crippen LogP contribution >= 0.6 is 27.3 Å². The van der Waals surface area contributed by atoms with E-state index in [9.17, 15) is 0 Å². The maximum Gasteiger partial charge on any atom is 0.0491 e. The summed E-state index contributed by atoms with van der Waals surface area (Å²) < 4.78 is 2.44. The molecule has 1 aromatic heterocycles. The number of hydrogen-bond donors (Lipinski definition) is 0. The summed E-state index contributed by atoms with van der Waals surface area (Å²) in [7, 11) is 0. The van der Waals surface area contributed by atoms with Crippen LogP contribution in [-0.2, 0) is 0 Å². The van der Waals surface area contributed by atoms with Crippen LogP contribution in [0.1, 0.15) is 0 Å². The highest BCUT2D eigenvalue weighted by Gasteiger charge is 1.96. The Balaban J connectivity index is 2.95. The lowest BCUT2D eigenvalue weighted by atomic mass is 10.3. The number of thiophene rings is 1. The lowest BCUT2D eigenvalue weighted by Crippen LogP contribution is -1.63. The fourth-order valence-electron chi connectivity index (χ4n) is 0.888. The van der Waals surface area contributed by atoms with E-state index in [1.807, 2.05) is 12.1 Å². The number of halogens is 1. The maximum absolute atomic E-state index is 3.47. The molecule has 0 fully saturated rings. The molecule has 2 aromatic rings. The van der Waals surface area contributed by atoms with E-state index in [0.717, 1.165) is 4.47 Å². The predicted octanol–water partition coefficient (Wildman–Crippen LogP) is 3.46. The van der Waals surface area contributed by atoms with Gasteiger partial charge in [-0.2, -0.15) is 0 Å². The molecular formula is C8H4BrS. The van der Waals surface area contributed by atoms with Gasteiger partial charge in [0, 0.05) is 14.6 Å². The highest BCUT2D eigenvalue weighted by atomic mass is 79.9. The third-order valence-corrected chi connectivity index (χ3v) is 3.22. The van der Waals surface area contributed by atoms with Gasteiger partial charge in [0.25, 0.3) is 0 Å². The molecule has 49 valence electrons. The molecule has 2 rings (SSSR count).